The van der Waals surface area contributed by atoms with Gasteiger partial charge in [-0.3, -0.25) is 4.79 Å². The summed E-state index contributed by atoms with van der Waals surface area (Å²) in [4.78, 5) is 14.5. The van der Waals surface area contributed by atoms with Crippen molar-refractivity contribution in [2.45, 2.75) is 25.6 Å². The van der Waals surface area contributed by atoms with Gasteiger partial charge in [0.2, 0.25) is 11.8 Å². The molecule has 1 aromatic heterocycles. The first kappa shape index (κ1) is 20.3. The number of amides is 1. The van der Waals surface area contributed by atoms with Gasteiger partial charge in [0.05, 0.1) is 5.75 Å². The largest absolute Gasteiger partial charge is 0.486 e. The van der Waals surface area contributed by atoms with E-state index in [-0.39, 0.29) is 11.7 Å². The molecule has 2 aromatic carbocycles. The van der Waals surface area contributed by atoms with Crippen molar-refractivity contribution in [2.24, 2.45) is 0 Å². The van der Waals surface area contributed by atoms with Crippen molar-refractivity contribution in [3.8, 4) is 23.0 Å². The molecule has 1 amide bonds. The number of rotatable bonds is 7. The van der Waals surface area contributed by atoms with Gasteiger partial charge in [0.1, 0.15) is 13.2 Å². The molecule has 156 valence electrons. The summed E-state index contributed by atoms with van der Waals surface area (Å²) in [5.41, 5.74) is 3.02. The second-order valence-electron chi connectivity index (χ2n) is 6.91. The van der Waals surface area contributed by atoms with Gasteiger partial charge in [-0.05, 0) is 43.7 Å². The molecule has 0 unspecified atom stereocenters. The van der Waals surface area contributed by atoms with Crippen LogP contribution in [0.15, 0.2) is 52.1 Å². The number of fused-ring (bicyclic) bond motifs is 1. The summed E-state index contributed by atoms with van der Waals surface area (Å²) >= 11 is 1.25. The van der Waals surface area contributed by atoms with Crippen LogP contribution in [0.4, 0.5) is 0 Å². The molecule has 7 nitrogen and oxygen atoms in total. The van der Waals surface area contributed by atoms with Crippen molar-refractivity contribution in [2.75, 3.05) is 25.5 Å². The van der Waals surface area contributed by atoms with Gasteiger partial charge in [0.25, 0.3) is 5.22 Å². The van der Waals surface area contributed by atoms with Crippen LogP contribution in [0.5, 0.6) is 11.5 Å². The molecule has 0 radical (unpaired) electrons. The van der Waals surface area contributed by atoms with E-state index in [1.54, 1.807) is 4.90 Å². The van der Waals surface area contributed by atoms with Gasteiger partial charge < -0.3 is 18.8 Å². The Hall–Kier alpha value is -3.00. The van der Waals surface area contributed by atoms with E-state index in [1.165, 1.54) is 11.8 Å². The van der Waals surface area contributed by atoms with Gasteiger partial charge in [-0.15, -0.1) is 10.2 Å². The molecule has 1 aliphatic heterocycles. The van der Waals surface area contributed by atoms with Crippen LogP contribution >= 0.6 is 11.8 Å². The maximum atomic E-state index is 12.7. The third-order valence-electron chi connectivity index (χ3n) is 4.74. The van der Waals surface area contributed by atoms with Crippen LogP contribution in [0, 0.1) is 6.92 Å². The van der Waals surface area contributed by atoms with Gasteiger partial charge in [0.15, 0.2) is 11.5 Å². The molecule has 0 fully saturated rings. The molecule has 0 aliphatic carbocycles. The molecular weight excluding hydrogens is 402 g/mol. The van der Waals surface area contributed by atoms with Crippen LogP contribution in [-0.2, 0) is 11.3 Å². The highest BCUT2D eigenvalue weighted by molar-refractivity contribution is 7.99. The fourth-order valence-corrected chi connectivity index (χ4v) is 3.74. The van der Waals surface area contributed by atoms with Crippen LogP contribution in [0.25, 0.3) is 11.5 Å². The number of hydrogen-bond acceptors (Lipinski definition) is 7. The molecule has 30 heavy (non-hydrogen) atoms. The van der Waals surface area contributed by atoms with E-state index in [4.69, 9.17) is 13.9 Å². The van der Waals surface area contributed by atoms with Crippen LogP contribution in [0.3, 0.4) is 0 Å². The number of hydrogen-bond donors (Lipinski definition) is 0. The van der Waals surface area contributed by atoms with Crippen LogP contribution < -0.4 is 9.47 Å². The van der Waals surface area contributed by atoms with Crippen LogP contribution in [-0.4, -0.2) is 46.5 Å². The second kappa shape index (κ2) is 9.21. The van der Waals surface area contributed by atoms with Gasteiger partial charge in [-0.2, -0.15) is 0 Å². The summed E-state index contributed by atoms with van der Waals surface area (Å²) in [6, 6.07) is 13.6. The topological polar surface area (TPSA) is 77.7 Å². The number of carbonyl (C=O) groups excluding carboxylic acids is 1. The molecule has 0 spiro atoms. The molecule has 4 rings (SSSR count). The van der Waals surface area contributed by atoms with Crippen molar-refractivity contribution in [1.29, 1.82) is 0 Å². The molecule has 0 saturated heterocycles. The first-order valence-electron chi connectivity index (χ1n) is 9.82. The quantitative estimate of drug-likeness (QED) is 0.530. The lowest BCUT2D eigenvalue weighted by atomic mass is 10.1. The monoisotopic (exact) mass is 425 g/mol. The lowest BCUT2D eigenvalue weighted by molar-refractivity contribution is -0.128. The SMILES string of the molecule is CCN(Cc1ccc2c(c1)OCCO2)C(=O)CSc1nnc(-c2ccc(C)cc2)o1. The molecule has 8 heteroatoms. The number of ether oxygens (including phenoxy) is 2. The van der Waals surface area contributed by atoms with Crippen LogP contribution in [0.2, 0.25) is 0 Å². The summed E-state index contributed by atoms with van der Waals surface area (Å²) in [6.07, 6.45) is 0. The zero-order valence-corrected chi connectivity index (χ0v) is 17.8. The fraction of sp³-hybridized carbons (Fsp3) is 0.318. The van der Waals surface area contributed by atoms with E-state index in [9.17, 15) is 4.79 Å². The minimum atomic E-state index is 0.00692. The van der Waals surface area contributed by atoms with E-state index in [2.05, 4.69) is 10.2 Å². The molecule has 1 aliphatic rings. The van der Waals surface area contributed by atoms with Crippen molar-refractivity contribution in [1.82, 2.24) is 15.1 Å². The van der Waals surface area contributed by atoms with Crippen molar-refractivity contribution >= 4 is 17.7 Å². The highest BCUT2D eigenvalue weighted by Gasteiger charge is 2.17. The van der Waals surface area contributed by atoms with Crippen molar-refractivity contribution in [3.63, 3.8) is 0 Å². The van der Waals surface area contributed by atoms with Crippen molar-refractivity contribution < 1.29 is 18.7 Å². The summed E-state index contributed by atoms with van der Waals surface area (Å²) in [7, 11) is 0. The zero-order valence-electron chi connectivity index (χ0n) is 17.0. The first-order valence-corrected chi connectivity index (χ1v) is 10.8. The van der Waals surface area contributed by atoms with Gasteiger partial charge in [0, 0.05) is 18.7 Å². The Morgan fingerprint density at radius 3 is 2.60 bits per heavy atom. The standard InChI is InChI=1S/C22H23N3O4S/c1-3-25(13-16-6-9-18-19(12-16)28-11-10-27-18)20(26)14-30-22-24-23-21(29-22)17-7-4-15(2)5-8-17/h4-9,12H,3,10-11,13-14H2,1-2H3. The van der Waals surface area contributed by atoms with Gasteiger partial charge >= 0.3 is 0 Å². The molecule has 2 heterocycles. The lowest BCUT2D eigenvalue weighted by Crippen LogP contribution is -2.31. The fourth-order valence-electron chi connectivity index (χ4n) is 3.08. The normalized spacial score (nSPS) is 12.6. The highest BCUT2D eigenvalue weighted by Crippen LogP contribution is 2.31. The summed E-state index contributed by atoms with van der Waals surface area (Å²) in [5, 5.41) is 8.51. The van der Waals surface area contributed by atoms with E-state index in [1.807, 2.05) is 56.3 Å². The second-order valence-corrected chi connectivity index (χ2v) is 7.84. The van der Waals surface area contributed by atoms with Gasteiger partial charge in [-0.25, -0.2) is 0 Å². The third-order valence-corrected chi connectivity index (χ3v) is 5.54. The number of aromatic nitrogens is 2. The number of nitrogens with zero attached hydrogens (tertiary/aromatic N) is 3. The highest BCUT2D eigenvalue weighted by atomic mass is 32.2. The summed E-state index contributed by atoms with van der Waals surface area (Å²) < 4.78 is 16.9. The maximum absolute atomic E-state index is 12.7. The smallest absolute Gasteiger partial charge is 0.277 e. The Balaban J connectivity index is 1.35. The summed E-state index contributed by atoms with van der Waals surface area (Å²) in [5.74, 6) is 2.16. The molecule has 0 atom stereocenters. The Morgan fingerprint density at radius 2 is 1.83 bits per heavy atom. The Morgan fingerprint density at radius 1 is 1.07 bits per heavy atom. The lowest BCUT2D eigenvalue weighted by Gasteiger charge is -2.23. The van der Waals surface area contributed by atoms with Gasteiger partial charge in [-0.1, -0.05) is 35.5 Å². The molecule has 0 bridgehead atoms. The predicted molar refractivity (Wildman–Crippen MR) is 114 cm³/mol. The van der Waals surface area contributed by atoms with E-state index in [0.717, 1.165) is 28.2 Å². The zero-order chi connectivity index (χ0) is 20.9. The third kappa shape index (κ3) is 4.76. The average molecular weight is 426 g/mol. The average Bonchev–Trinajstić information content (AvgIpc) is 3.25. The number of benzene rings is 2. The minimum absolute atomic E-state index is 0.00692. The number of thioether (sulfide) groups is 1. The van der Waals surface area contributed by atoms with Crippen LogP contribution in [0.1, 0.15) is 18.1 Å². The Kier molecular flexibility index (Phi) is 6.23. The first-order chi connectivity index (χ1) is 14.6. The summed E-state index contributed by atoms with van der Waals surface area (Å²) in [6.45, 7) is 6.19. The van der Waals surface area contributed by atoms with E-state index in [0.29, 0.717) is 37.4 Å². The molecular formula is C22H23N3O4S. The Labute approximate surface area is 179 Å². The predicted octanol–water partition coefficient (Wildman–Crippen LogP) is 3.96. The molecule has 3 aromatic rings. The van der Waals surface area contributed by atoms with E-state index >= 15 is 0 Å². The minimum Gasteiger partial charge on any atom is -0.486 e. The number of carbonyl (C=O) groups is 1. The number of aryl methyl sites for hydroxylation is 1. The molecule has 0 N–H and O–H groups in total. The van der Waals surface area contributed by atoms with Crippen molar-refractivity contribution in [3.05, 3.63) is 53.6 Å². The van der Waals surface area contributed by atoms with E-state index < -0.39 is 0 Å². The maximum Gasteiger partial charge on any atom is 0.277 e. The Bertz CT molecular complexity index is 1020. The molecule has 0 saturated carbocycles.